The molecular weight excluding hydrogens is 326 g/mol. The van der Waals surface area contributed by atoms with E-state index in [0.717, 1.165) is 25.7 Å². The molecule has 8 heteroatoms. The first-order valence-electron chi connectivity index (χ1n) is 7.98. The number of carbonyl (C=O) groups excluding carboxylic acids is 1. The van der Waals surface area contributed by atoms with Gasteiger partial charge >= 0.3 is 0 Å². The Morgan fingerprint density at radius 1 is 1.32 bits per heavy atom. The van der Waals surface area contributed by atoms with E-state index < -0.39 is 16.1 Å². The van der Waals surface area contributed by atoms with E-state index in [9.17, 15) is 13.2 Å². The Bertz CT molecular complexity index is 468. The highest BCUT2D eigenvalue weighted by atomic mass is 35.5. The second kappa shape index (κ2) is 8.47. The molecule has 0 aromatic rings. The number of amides is 1. The summed E-state index contributed by atoms with van der Waals surface area (Å²) >= 11 is 0. The zero-order valence-electron chi connectivity index (χ0n) is 13.2. The first kappa shape index (κ1) is 19.7. The van der Waals surface area contributed by atoms with Gasteiger partial charge in [0, 0.05) is 19.1 Å². The van der Waals surface area contributed by atoms with Crippen LogP contribution in [0.25, 0.3) is 0 Å². The smallest absolute Gasteiger partial charge is 0.238 e. The van der Waals surface area contributed by atoms with Crippen LogP contribution in [0.4, 0.5) is 0 Å². The maximum Gasteiger partial charge on any atom is 0.238 e. The molecule has 1 aliphatic carbocycles. The molecule has 6 nitrogen and oxygen atoms in total. The molecule has 2 fully saturated rings. The molecule has 2 atom stereocenters. The van der Waals surface area contributed by atoms with Crippen LogP contribution < -0.4 is 11.1 Å². The van der Waals surface area contributed by atoms with Crippen molar-refractivity contribution in [1.29, 1.82) is 0 Å². The summed E-state index contributed by atoms with van der Waals surface area (Å²) in [6.07, 6.45) is 5.17. The number of rotatable bonds is 7. The van der Waals surface area contributed by atoms with Crippen LogP contribution >= 0.6 is 12.4 Å². The normalized spacial score (nSPS) is 24.4. The number of piperidine rings is 1. The SMILES string of the molecule is CCCS(=O)(=O)N1CCCCC1C(=O)NCC(N)C1CC1.Cl. The van der Waals surface area contributed by atoms with Gasteiger partial charge in [-0.2, -0.15) is 4.31 Å². The molecule has 1 aliphatic heterocycles. The maximum atomic E-state index is 12.3. The van der Waals surface area contributed by atoms with Gasteiger partial charge in [0.05, 0.1) is 5.75 Å². The third-order valence-electron chi connectivity index (χ3n) is 4.32. The Kier molecular flexibility index (Phi) is 7.58. The summed E-state index contributed by atoms with van der Waals surface area (Å²) in [5, 5.41) is 2.85. The summed E-state index contributed by atoms with van der Waals surface area (Å²) in [6.45, 7) is 2.74. The Labute approximate surface area is 139 Å². The molecule has 2 unspecified atom stereocenters. The fourth-order valence-electron chi connectivity index (χ4n) is 2.90. The van der Waals surface area contributed by atoms with E-state index >= 15 is 0 Å². The van der Waals surface area contributed by atoms with Gasteiger partial charge in [0.15, 0.2) is 0 Å². The molecule has 0 aromatic carbocycles. The molecule has 22 heavy (non-hydrogen) atoms. The van der Waals surface area contributed by atoms with Gasteiger partial charge in [-0.15, -0.1) is 12.4 Å². The number of nitrogens with one attached hydrogen (secondary N) is 1. The van der Waals surface area contributed by atoms with E-state index in [1.165, 1.54) is 4.31 Å². The fourth-order valence-corrected chi connectivity index (χ4v) is 4.65. The van der Waals surface area contributed by atoms with Crippen LogP contribution in [0.1, 0.15) is 45.4 Å². The van der Waals surface area contributed by atoms with Gasteiger partial charge in [-0.05, 0) is 38.0 Å². The van der Waals surface area contributed by atoms with E-state index in [2.05, 4.69) is 5.32 Å². The number of nitrogens with two attached hydrogens (primary N) is 1. The largest absolute Gasteiger partial charge is 0.353 e. The second-order valence-corrected chi connectivity index (χ2v) is 8.23. The molecule has 1 saturated heterocycles. The van der Waals surface area contributed by atoms with Gasteiger partial charge in [-0.3, -0.25) is 4.79 Å². The molecule has 0 aromatic heterocycles. The van der Waals surface area contributed by atoms with E-state index in [0.29, 0.717) is 31.8 Å². The van der Waals surface area contributed by atoms with Crippen LogP contribution in [0.3, 0.4) is 0 Å². The summed E-state index contributed by atoms with van der Waals surface area (Å²) in [6, 6.07) is -0.556. The standard InChI is InChI=1S/C14H27N3O3S.ClH/c1-2-9-21(19,20)17-8-4-3-5-13(17)14(18)16-10-12(15)11-6-7-11;/h11-13H,2-10,15H2,1H3,(H,16,18);1H. The van der Waals surface area contributed by atoms with Gasteiger partial charge in [0.25, 0.3) is 0 Å². The van der Waals surface area contributed by atoms with Crippen molar-refractivity contribution in [3.8, 4) is 0 Å². The minimum atomic E-state index is -3.33. The molecule has 0 bridgehead atoms. The Morgan fingerprint density at radius 2 is 2.00 bits per heavy atom. The molecule has 1 saturated carbocycles. The fraction of sp³-hybridized carbons (Fsp3) is 0.929. The molecular formula is C14H28ClN3O3S. The average Bonchev–Trinajstić information content (AvgIpc) is 3.29. The van der Waals surface area contributed by atoms with Crippen LogP contribution in [0, 0.1) is 5.92 Å². The topological polar surface area (TPSA) is 92.5 Å². The highest BCUT2D eigenvalue weighted by Gasteiger charge is 2.36. The van der Waals surface area contributed by atoms with E-state index in [1.807, 2.05) is 6.92 Å². The lowest BCUT2D eigenvalue weighted by Gasteiger charge is -2.33. The maximum absolute atomic E-state index is 12.3. The van der Waals surface area contributed by atoms with Gasteiger partial charge in [-0.1, -0.05) is 13.3 Å². The Morgan fingerprint density at radius 3 is 2.59 bits per heavy atom. The van der Waals surface area contributed by atoms with E-state index in [1.54, 1.807) is 0 Å². The van der Waals surface area contributed by atoms with Crippen LogP contribution in [0.2, 0.25) is 0 Å². The lowest BCUT2D eigenvalue weighted by Crippen LogP contribution is -2.53. The molecule has 1 heterocycles. The lowest BCUT2D eigenvalue weighted by atomic mass is 10.0. The van der Waals surface area contributed by atoms with Crippen LogP contribution in [-0.2, 0) is 14.8 Å². The van der Waals surface area contributed by atoms with Gasteiger partial charge in [-0.25, -0.2) is 8.42 Å². The monoisotopic (exact) mass is 353 g/mol. The van der Waals surface area contributed by atoms with Crippen molar-refractivity contribution in [2.75, 3.05) is 18.8 Å². The molecule has 130 valence electrons. The predicted molar refractivity (Wildman–Crippen MR) is 89.4 cm³/mol. The van der Waals surface area contributed by atoms with Crippen molar-refractivity contribution in [3.05, 3.63) is 0 Å². The van der Waals surface area contributed by atoms with Crippen molar-refractivity contribution in [2.24, 2.45) is 11.7 Å². The van der Waals surface area contributed by atoms with Crippen molar-refractivity contribution in [2.45, 2.75) is 57.5 Å². The summed E-state index contributed by atoms with van der Waals surface area (Å²) < 4.78 is 26.0. The highest BCUT2D eigenvalue weighted by molar-refractivity contribution is 7.89. The number of hydrogen-bond donors (Lipinski definition) is 2. The van der Waals surface area contributed by atoms with Crippen molar-refractivity contribution >= 4 is 28.3 Å². The Balaban J connectivity index is 0.00000242. The predicted octanol–water partition coefficient (Wildman–Crippen LogP) is 0.856. The van der Waals surface area contributed by atoms with Crippen LogP contribution in [-0.4, -0.2) is 49.6 Å². The second-order valence-electron chi connectivity index (χ2n) is 6.18. The molecule has 3 N–H and O–H groups in total. The van der Waals surface area contributed by atoms with Crippen LogP contribution in [0.15, 0.2) is 0 Å². The third kappa shape index (κ3) is 5.08. The number of hydrogen-bond acceptors (Lipinski definition) is 4. The van der Waals surface area contributed by atoms with Gasteiger partial charge in [0.1, 0.15) is 6.04 Å². The minimum Gasteiger partial charge on any atom is -0.353 e. The summed E-state index contributed by atoms with van der Waals surface area (Å²) in [7, 11) is -3.33. The number of carbonyl (C=O) groups is 1. The first-order valence-corrected chi connectivity index (χ1v) is 9.59. The summed E-state index contributed by atoms with van der Waals surface area (Å²) in [5.41, 5.74) is 5.98. The average molecular weight is 354 g/mol. The molecule has 0 spiro atoms. The molecule has 2 aliphatic rings. The zero-order chi connectivity index (χ0) is 15.5. The number of halogens is 1. The van der Waals surface area contributed by atoms with Crippen molar-refractivity contribution in [1.82, 2.24) is 9.62 Å². The number of sulfonamides is 1. The van der Waals surface area contributed by atoms with E-state index in [-0.39, 0.29) is 30.1 Å². The number of nitrogens with zero attached hydrogens (tertiary/aromatic N) is 1. The third-order valence-corrected chi connectivity index (χ3v) is 6.39. The summed E-state index contributed by atoms with van der Waals surface area (Å²) in [4.78, 5) is 12.3. The first-order chi connectivity index (χ1) is 9.95. The van der Waals surface area contributed by atoms with Gasteiger partial charge in [0.2, 0.25) is 15.9 Å². The molecule has 1 amide bonds. The molecule has 0 radical (unpaired) electrons. The quantitative estimate of drug-likeness (QED) is 0.709. The summed E-state index contributed by atoms with van der Waals surface area (Å²) in [5.74, 6) is 0.445. The molecule has 2 rings (SSSR count). The van der Waals surface area contributed by atoms with E-state index in [4.69, 9.17) is 5.73 Å². The minimum absolute atomic E-state index is 0. The van der Waals surface area contributed by atoms with Gasteiger partial charge < -0.3 is 11.1 Å². The van der Waals surface area contributed by atoms with Crippen LogP contribution in [0.5, 0.6) is 0 Å². The zero-order valence-corrected chi connectivity index (χ0v) is 14.8. The Hall–Kier alpha value is -0.370. The lowest BCUT2D eigenvalue weighted by molar-refractivity contribution is -0.125. The van der Waals surface area contributed by atoms with Crippen molar-refractivity contribution < 1.29 is 13.2 Å². The van der Waals surface area contributed by atoms with Crippen molar-refractivity contribution in [3.63, 3.8) is 0 Å². The highest BCUT2D eigenvalue weighted by Crippen LogP contribution is 2.31.